The standard InChI is InChI=1S/C10H7BrClN/c11-6-9(7-13)5-8-1-3-10(12)4-2-8/h1-5H,6H2/b9-5-. The smallest absolute Gasteiger partial charge is 0.0956 e. The summed E-state index contributed by atoms with van der Waals surface area (Å²) in [7, 11) is 0. The summed E-state index contributed by atoms with van der Waals surface area (Å²) in [6.07, 6.45) is 1.82. The molecule has 0 atom stereocenters. The van der Waals surface area contributed by atoms with Gasteiger partial charge in [0.05, 0.1) is 6.07 Å². The van der Waals surface area contributed by atoms with Crippen LogP contribution < -0.4 is 0 Å². The molecule has 3 heteroatoms. The molecule has 0 saturated carbocycles. The molecule has 1 rings (SSSR count). The quantitative estimate of drug-likeness (QED) is 0.585. The minimum absolute atomic E-state index is 0.576. The number of benzene rings is 1. The monoisotopic (exact) mass is 255 g/mol. The average molecular weight is 257 g/mol. The van der Waals surface area contributed by atoms with E-state index >= 15 is 0 Å². The van der Waals surface area contributed by atoms with Gasteiger partial charge in [0.25, 0.3) is 0 Å². The van der Waals surface area contributed by atoms with Crippen LogP contribution in [0.25, 0.3) is 6.08 Å². The largest absolute Gasteiger partial charge is 0.193 e. The second-order valence-electron chi connectivity index (χ2n) is 2.47. The van der Waals surface area contributed by atoms with Crippen molar-refractivity contribution in [3.05, 3.63) is 40.4 Å². The Morgan fingerprint density at radius 1 is 1.46 bits per heavy atom. The van der Waals surface area contributed by atoms with E-state index < -0.39 is 0 Å². The normalized spacial score (nSPS) is 11.0. The first-order chi connectivity index (χ1) is 6.26. The fraction of sp³-hybridized carbons (Fsp3) is 0.100. The van der Waals surface area contributed by atoms with Gasteiger partial charge in [-0.1, -0.05) is 39.7 Å². The molecular formula is C10H7BrClN. The van der Waals surface area contributed by atoms with Crippen molar-refractivity contribution < 1.29 is 0 Å². The van der Waals surface area contributed by atoms with Gasteiger partial charge in [-0.2, -0.15) is 5.26 Å². The van der Waals surface area contributed by atoms with Gasteiger partial charge in [0.1, 0.15) is 0 Å². The number of allylic oxidation sites excluding steroid dienone is 1. The SMILES string of the molecule is N#C/C(=C\c1ccc(Cl)cc1)CBr. The molecule has 13 heavy (non-hydrogen) atoms. The molecule has 0 saturated heterocycles. The van der Waals surface area contributed by atoms with Gasteiger partial charge in [0.15, 0.2) is 0 Å². The van der Waals surface area contributed by atoms with Gasteiger partial charge in [0.2, 0.25) is 0 Å². The zero-order valence-electron chi connectivity index (χ0n) is 6.80. The zero-order chi connectivity index (χ0) is 9.68. The summed E-state index contributed by atoms with van der Waals surface area (Å²) < 4.78 is 0. The van der Waals surface area contributed by atoms with Crippen molar-refractivity contribution >= 4 is 33.6 Å². The molecule has 0 aliphatic rings. The molecule has 0 amide bonds. The van der Waals surface area contributed by atoms with E-state index in [2.05, 4.69) is 22.0 Å². The Kier molecular flexibility index (Phi) is 4.01. The number of rotatable bonds is 2. The van der Waals surface area contributed by atoms with Crippen molar-refractivity contribution in [3.63, 3.8) is 0 Å². The highest BCUT2D eigenvalue weighted by Gasteiger charge is 1.93. The zero-order valence-corrected chi connectivity index (χ0v) is 9.14. The Balaban J connectivity index is 2.92. The van der Waals surface area contributed by atoms with E-state index in [-0.39, 0.29) is 0 Å². The minimum Gasteiger partial charge on any atom is -0.193 e. The maximum absolute atomic E-state index is 8.67. The molecule has 0 N–H and O–H groups in total. The number of halogens is 2. The Morgan fingerprint density at radius 2 is 2.08 bits per heavy atom. The van der Waals surface area contributed by atoms with E-state index in [9.17, 15) is 0 Å². The van der Waals surface area contributed by atoms with Crippen LogP contribution in [0, 0.1) is 11.3 Å². The van der Waals surface area contributed by atoms with Gasteiger partial charge in [-0.25, -0.2) is 0 Å². The van der Waals surface area contributed by atoms with Gasteiger partial charge >= 0.3 is 0 Å². The maximum atomic E-state index is 8.67. The first-order valence-corrected chi connectivity index (χ1v) is 5.18. The Bertz CT molecular complexity index is 348. The van der Waals surface area contributed by atoms with E-state index in [0.717, 1.165) is 5.56 Å². The molecule has 0 aromatic heterocycles. The Labute approximate surface area is 90.8 Å². The minimum atomic E-state index is 0.576. The molecule has 0 heterocycles. The number of hydrogen-bond acceptors (Lipinski definition) is 1. The van der Waals surface area contributed by atoms with E-state index in [1.165, 1.54) is 0 Å². The number of nitrogens with zero attached hydrogens (tertiary/aromatic N) is 1. The molecule has 0 aliphatic heterocycles. The number of alkyl halides is 1. The van der Waals surface area contributed by atoms with Crippen LogP contribution in [0.4, 0.5) is 0 Å². The fourth-order valence-corrected chi connectivity index (χ4v) is 1.27. The summed E-state index contributed by atoms with van der Waals surface area (Å²) in [5.74, 6) is 0. The highest BCUT2D eigenvalue weighted by Crippen LogP contribution is 2.12. The van der Waals surface area contributed by atoms with Crippen LogP contribution >= 0.6 is 27.5 Å². The molecule has 0 aliphatic carbocycles. The second-order valence-corrected chi connectivity index (χ2v) is 3.46. The Hall–Kier alpha value is -0.780. The molecule has 0 bridgehead atoms. The van der Waals surface area contributed by atoms with Crippen LogP contribution in [-0.2, 0) is 0 Å². The maximum Gasteiger partial charge on any atom is 0.0956 e. The Morgan fingerprint density at radius 3 is 2.54 bits per heavy atom. The molecule has 0 unspecified atom stereocenters. The average Bonchev–Trinajstić information content (AvgIpc) is 2.17. The molecule has 0 spiro atoms. The van der Waals surface area contributed by atoms with Crippen LogP contribution in [0.2, 0.25) is 5.02 Å². The van der Waals surface area contributed by atoms with Crippen LogP contribution in [0.15, 0.2) is 29.8 Å². The van der Waals surface area contributed by atoms with E-state index in [1.54, 1.807) is 12.1 Å². The molecule has 0 fully saturated rings. The lowest BCUT2D eigenvalue weighted by Gasteiger charge is -1.94. The lowest BCUT2D eigenvalue weighted by Crippen LogP contribution is -1.79. The summed E-state index contributed by atoms with van der Waals surface area (Å²) >= 11 is 8.95. The number of nitriles is 1. The second kappa shape index (κ2) is 5.06. The fourth-order valence-electron chi connectivity index (χ4n) is 0.861. The first kappa shape index (κ1) is 10.3. The highest BCUT2D eigenvalue weighted by atomic mass is 79.9. The molecule has 66 valence electrons. The van der Waals surface area contributed by atoms with E-state index in [0.29, 0.717) is 15.9 Å². The topological polar surface area (TPSA) is 23.8 Å². The van der Waals surface area contributed by atoms with Crippen LogP contribution in [0.1, 0.15) is 5.56 Å². The van der Waals surface area contributed by atoms with Crippen molar-refractivity contribution in [2.45, 2.75) is 0 Å². The summed E-state index contributed by atoms with van der Waals surface area (Å²) in [4.78, 5) is 0. The van der Waals surface area contributed by atoms with Crippen molar-refractivity contribution in [1.29, 1.82) is 5.26 Å². The van der Waals surface area contributed by atoms with Crippen molar-refractivity contribution in [3.8, 4) is 6.07 Å². The van der Waals surface area contributed by atoms with Gasteiger partial charge in [0, 0.05) is 15.9 Å². The molecule has 1 aromatic rings. The van der Waals surface area contributed by atoms with E-state index in [1.807, 2.05) is 18.2 Å². The van der Waals surface area contributed by atoms with Crippen molar-refractivity contribution in [2.75, 3.05) is 5.33 Å². The third-order valence-electron chi connectivity index (χ3n) is 1.50. The highest BCUT2D eigenvalue weighted by molar-refractivity contribution is 9.09. The van der Waals surface area contributed by atoms with Gasteiger partial charge in [-0.15, -0.1) is 0 Å². The summed E-state index contributed by atoms with van der Waals surface area (Å²) in [5.41, 5.74) is 1.68. The predicted molar refractivity (Wildman–Crippen MR) is 58.8 cm³/mol. The summed E-state index contributed by atoms with van der Waals surface area (Å²) in [5, 5.41) is 9.95. The third kappa shape index (κ3) is 3.22. The van der Waals surface area contributed by atoms with Gasteiger partial charge in [-0.3, -0.25) is 0 Å². The van der Waals surface area contributed by atoms with E-state index in [4.69, 9.17) is 16.9 Å². The molecular weight excluding hydrogens is 249 g/mol. The third-order valence-corrected chi connectivity index (χ3v) is 2.35. The van der Waals surface area contributed by atoms with Crippen LogP contribution in [-0.4, -0.2) is 5.33 Å². The van der Waals surface area contributed by atoms with Crippen LogP contribution in [0.5, 0.6) is 0 Å². The molecule has 1 nitrogen and oxygen atoms in total. The summed E-state index contributed by atoms with van der Waals surface area (Å²) in [6, 6.07) is 9.46. The lowest BCUT2D eigenvalue weighted by atomic mass is 10.1. The van der Waals surface area contributed by atoms with Crippen LogP contribution in [0.3, 0.4) is 0 Å². The van der Waals surface area contributed by atoms with Crippen molar-refractivity contribution in [2.24, 2.45) is 0 Å². The lowest BCUT2D eigenvalue weighted by molar-refractivity contribution is 1.47. The van der Waals surface area contributed by atoms with Gasteiger partial charge in [-0.05, 0) is 23.8 Å². The predicted octanol–water partition coefficient (Wildman–Crippen LogP) is 3.64. The number of hydrogen-bond donors (Lipinski definition) is 0. The molecule has 1 aromatic carbocycles. The molecule has 0 radical (unpaired) electrons. The van der Waals surface area contributed by atoms with Crippen molar-refractivity contribution in [1.82, 2.24) is 0 Å². The first-order valence-electron chi connectivity index (χ1n) is 3.68. The summed E-state index contributed by atoms with van der Waals surface area (Å²) in [6.45, 7) is 0. The van der Waals surface area contributed by atoms with Gasteiger partial charge < -0.3 is 0 Å².